The van der Waals surface area contributed by atoms with Crippen LogP contribution in [-0.4, -0.2) is 89.8 Å². The third-order valence-electron chi connectivity index (χ3n) is 10.8. The molecule has 1 N–H and O–H groups in total. The van der Waals surface area contributed by atoms with E-state index in [0.717, 1.165) is 10.9 Å². The molecule has 2 aromatic carbocycles. The molecule has 3 fully saturated rings. The number of nitrogens with one attached hydrogen (secondary N) is 1. The second-order valence-electron chi connectivity index (χ2n) is 17.4. The van der Waals surface area contributed by atoms with Crippen molar-refractivity contribution in [2.75, 3.05) is 19.4 Å². The van der Waals surface area contributed by atoms with Gasteiger partial charge in [0.1, 0.15) is 34.8 Å². The molecule has 0 spiro atoms. The van der Waals surface area contributed by atoms with E-state index in [4.69, 9.17) is 19.2 Å². The molecule has 56 heavy (non-hydrogen) atoms. The van der Waals surface area contributed by atoms with E-state index < -0.39 is 84.9 Å². The van der Waals surface area contributed by atoms with Gasteiger partial charge in [0.15, 0.2) is 15.6 Å². The van der Waals surface area contributed by atoms with Crippen molar-refractivity contribution in [2.45, 2.75) is 102 Å². The number of carbonyl (C=O) groups is 4. The lowest BCUT2D eigenvalue weighted by molar-refractivity contribution is -0.161. The fourth-order valence-corrected chi connectivity index (χ4v) is 9.20. The summed E-state index contributed by atoms with van der Waals surface area (Å²) in [6, 6.07) is 16.0. The number of carbonyl (C=O) groups excluding carboxylic acids is 4. The second-order valence-corrected chi connectivity index (χ2v) is 19.7. The first-order chi connectivity index (χ1) is 26.2. The molecule has 300 valence electrons. The number of esters is 1. The van der Waals surface area contributed by atoms with Crippen LogP contribution in [0.1, 0.15) is 73.6 Å². The number of hydrogen-bond donors (Lipinski definition) is 1. The van der Waals surface area contributed by atoms with Gasteiger partial charge in [-0.05, 0) is 75.1 Å². The summed E-state index contributed by atoms with van der Waals surface area (Å²) >= 11 is 0. The molecule has 1 aliphatic heterocycles. The molecule has 12 nitrogen and oxygen atoms in total. The fraction of sp³-hybridized carbons (Fsp3) is 0.512. The van der Waals surface area contributed by atoms with E-state index in [1.54, 1.807) is 40.0 Å². The lowest BCUT2D eigenvalue weighted by Gasteiger charge is -2.35. The lowest BCUT2D eigenvalue weighted by atomic mass is 9.77. The average Bonchev–Trinajstić information content (AvgIpc) is 4.06. The van der Waals surface area contributed by atoms with Crippen LogP contribution in [-0.2, 0) is 33.8 Å². The molecule has 2 amide bonds. The van der Waals surface area contributed by atoms with E-state index in [9.17, 15) is 27.6 Å². The molecule has 1 aromatic heterocycles. The summed E-state index contributed by atoms with van der Waals surface area (Å²) in [5, 5.41) is 3.86. The van der Waals surface area contributed by atoms with Gasteiger partial charge in [-0.2, -0.15) is 0 Å². The number of methoxy groups -OCH3 is 1. The third-order valence-corrected chi connectivity index (χ3v) is 13.0. The minimum absolute atomic E-state index is 0.0192. The van der Waals surface area contributed by atoms with Gasteiger partial charge in [-0.15, -0.1) is 6.58 Å². The molecule has 6 rings (SSSR count). The van der Waals surface area contributed by atoms with Crippen molar-refractivity contribution in [2.24, 2.45) is 17.3 Å². The maximum Gasteiger partial charge on any atom is 0.307 e. The number of pyridine rings is 1. The highest BCUT2D eigenvalue weighted by Gasteiger charge is 2.61. The zero-order valence-electron chi connectivity index (χ0n) is 33.3. The first-order valence-electron chi connectivity index (χ1n) is 19.2. The Bertz CT molecular complexity index is 2140. The first kappa shape index (κ1) is 40.9. The molecule has 3 aliphatic rings. The van der Waals surface area contributed by atoms with Crippen LogP contribution in [0, 0.1) is 17.3 Å². The van der Waals surface area contributed by atoms with Crippen molar-refractivity contribution >= 4 is 44.2 Å². The Morgan fingerprint density at radius 3 is 2.32 bits per heavy atom. The number of ether oxygens (including phenoxy) is 3. The van der Waals surface area contributed by atoms with Gasteiger partial charge in [0, 0.05) is 23.3 Å². The van der Waals surface area contributed by atoms with Crippen molar-refractivity contribution < 1.29 is 41.8 Å². The number of benzene rings is 2. The number of sulfone groups is 1. The quantitative estimate of drug-likeness (QED) is 0.155. The standard InChI is InChI=1S/C43H53N3O9S/c1-9-28-23-43(28,36(47)25-56(51,52)31-16-17-31)45-38(49)35-21-30(24-46(35)40(50)33(41(2,3)4)22-37(48)55-42(5,6)7)54-39-32-18-15-29(53-8)19-27(32)20-34(44-39)26-13-11-10-12-14-26/h9-15,18-20,28,30-31,33,35H,1,16-17,21-25H2,2-8H3,(H,45,49)/t28-,30-,33-,35+,43-/m1/s1. The summed E-state index contributed by atoms with van der Waals surface area (Å²) in [4.78, 5) is 62.4. The van der Waals surface area contributed by atoms with Gasteiger partial charge < -0.3 is 24.4 Å². The maximum atomic E-state index is 14.7. The van der Waals surface area contributed by atoms with Crippen molar-refractivity contribution in [3.63, 3.8) is 0 Å². The summed E-state index contributed by atoms with van der Waals surface area (Å²) in [6.45, 7) is 14.6. The van der Waals surface area contributed by atoms with Gasteiger partial charge in [-0.25, -0.2) is 13.4 Å². The predicted molar refractivity (Wildman–Crippen MR) is 213 cm³/mol. The van der Waals surface area contributed by atoms with Crippen LogP contribution in [0.5, 0.6) is 11.6 Å². The molecule has 2 saturated carbocycles. The van der Waals surface area contributed by atoms with Gasteiger partial charge in [-0.3, -0.25) is 19.2 Å². The molecule has 0 unspecified atom stereocenters. The number of aromatic nitrogens is 1. The topological polar surface area (TPSA) is 158 Å². The molecular formula is C43H53N3O9S. The third kappa shape index (κ3) is 8.93. The Balaban J connectivity index is 1.34. The number of rotatable bonds is 14. The number of amides is 2. The minimum atomic E-state index is -3.66. The van der Waals surface area contributed by atoms with Crippen LogP contribution in [0.2, 0.25) is 0 Å². The molecule has 2 heterocycles. The van der Waals surface area contributed by atoms with Gasteiger partial charge in [-0.1, -0.05) is 57.2 Å². The zero-order chi connectivity index (χ0) is 40.8. The van der Waals surface area contributed by atoms with E-state index in [1.165, 1.54) is 4.90 Å². The summed E-state index contributed by atoms with van der Waals surface area (Å²) in [6.07, 6.45) is 1.89. The first-order valence-corrected chi connectivity index (χ1v) is 20.9. The number of nitrogens with zero attached hydrogens (tertiary/aromatic N) is 2. The lowest BCUT2D eigenvalue weighted by Crippen LogP contribution is -2.55. The number of fused-ring (bicyclic) bond motifs is 1. The number of hydrogen-bond acceptors (Lipinski definition) is 10. The van der Waals surface area contributed by atoms with E-state index in [1.807, 2.05) is 69.3 Å². The summed E-state index contributed by atoms with van der Waals surface area (Å²) in [5.41, 5.74) is -1.43. The SMILES string of the molecule is C=C[C@@H]1C[C@]1(NC(=O)[C@@H]1C[C@@H](Oc2nc(-c3ccccc3)cc3cc(OC)ccc23)CN1C(=O)[C@@H](CC(=O)OC(C)(C)C)C(C)(C)C)C(=O)CS(=O)(=O)C1CC1. The minimum Gasteiger partial charge on any atom is -0.497 e. The van der Waals surface area contributed by atoms with Crippen molar-refractivity contribution in [3.8, 4) is 22.9 Å². The number of Topliss-reactive ketones (excluding diaryl/α,β-unsaturated/α-hetero) is 1. The molecule has 1 saturated heterocycles. The van der Waals surface area contributed by atoms with Gasteiger partial charge in [0.25, 0.3) is 0 Å². The van der Waals surface area contributed by atoms with Crippen LogP contribution in [0.4, 0.5) is 0 Å². The second kappa shape index (κ2) is 15.3. The number of ketones is 1. The normalized spacial score (nSPS) is 22.9. The van der Waals surface area contributed by atoms with Gasteiger partial charge in [0.2, 0.25) is 17.7 Å². The van der Waals surface area contributed by atoms with E-state index >= 15 is 0 Å². The molecule has 2 aliphatic carbocycles. The largest absolute Gasteiger partial charge is 0.497 e. The van der Waals surface area contributed by atoms with Crippen molar-refractivity contribution in [1.29, 1.82) is 0 Å². The monoisotopic (exact) mass is 787 g/mol. The van der Waals surface area contributed by atoms with Crippen LogP contribution in [0.25, 0.3) is 22.0 Å². The average molecular weight is 788 g/mol. The van der Waals surface area contributed by atoms with Crippen molar-refractivity contribution in [1.82, 2.24) is 15.2 Å². The maximum absolute atomic E-state index is 14.7. The van der Waals surface area contributed by atoms with E-state index in [2.05, 4.69) is 11.9 Å². The molecular weight excluding hydrogens is 735 g/mol. The predicted octanol–water partition coefficient (Wildman–Crippen LogP) is 5.86. The molecule has 0 radical (unpaired) electrons. The highest BCUT2D eigenvalue weighted by Crippen LogP contribution is 2.47. The highest BCUT2D eigenvalue weighted by molar-refractivity contribution is 7.93. The Morgan fingerprint density at radius 1 is 1.04 bits per heavy atom. The Kier molecular flexibility index (Phi) is 11.2. The summed E-state index contributed by atoms with van der Waals surface area (Å²) in [7, 11) is -2.07. The van der Waals surface area contributed by atoms with E-state index in [0.29, 0.717) is 35.6 Å². The highest BCUT2D eigenvalue weighted by atomic mass is 32.2. The smallest absolute Gasteiger partial charge is 0.307 e. The molecule has 0 bridgehead atoms. The van der Waals surface area contributed by atoms with E-state index in [-0.39, 0.29) is 25.8 Å². The molecule has 3 aromatic rings. The van der Waals surface area contributed by atoms with Crippen LogP contribution < -0.4 is 14.8 Å². The Morgan fingerprint density at radius 2 is 1.73 bits per heavy atom. The molecule has 5 atom stereocenters. The van der Waals surface area contributed by atoms with Crippen LogP contribution >= 0.6 is 0 Å². The van der Waals surface area contributed by atoms with Gasteiger partial charge in [0.05, 0.1) is 36.9 Å². The Labute approximate surface area is 329 Å². The van der Waals surface area contributed by atoms with Gasteiger partial charge >= 0.3 is 5.97 Å². The Hall–Kier alpha value is -4.78. The zero-order valence-corrected chi connectivity index (χ0v) is 34.1. The van der Waals surface area contributed by atoms with Crippen molar-refractivity contribution in [3.05, 3.63) is 67.3 Å². The molecule has 13 heteroatoms. The van der Waals surface area contributed by atoms with Crippen LogP contribution in [0.3, 0.4) is 0 Å². The summed E-state index contributed by atoms with van der Waals surface area (Å²) < 4.78 is 43.5. The summed E-state index contributed by atoms with van der Waals surface area (Å²) in [5.74, 6) is -3.26. The van der Waals surface area contributed by atoms with Crippen LogP contribution in [0.15, 0.2) is 67.3 Å². The number of likely N-dealkylation sites (tertiary alicyclic amines) is 1. The fourth-order valence-electron chi connectivity index (χ4n) is 7.49.